The number of esters is 1. The summed E-state index contributed by atoms with van der Waals surface area (Å²) in [6.45, 7) is 3.54. The van der Waals surface area contributed by atoms with Crippen molar-refractivity contribution in [2.24, 2.45) is 0 Å². The van der Waals surface area contributed by atoms with E-state index in [1.165, 1.54) is 4.90 Å². The van der Waals surface area contributed by atoms with Crippen molar-refractivity contribution >= 4 is 23.7 Å². The maximum absolute atomic E-state index is 13.8. The summed E-state index contributed by atoms with van der Waals surface area (Å²) < 4.78 is 10.7. The number of carbonyl (C=O) groups is 2. The number of ether oxygens (including phenoxy) is 1. The Bertz CT molecular complexity index is 1150. The highest BCUT2D eigenvalue weighted by molar-refractivity contribution is 6.16. The second-order valence-electron chi connectivity index (χ2n) is 6.77. The van der Waals surface area contributed by atoms with E-state index < -0.39 is 11.4 Å². The van der Waals surface area contributed by atoms with Crippen molar-refractivity contribution < 1.29 is 18.7 Å². The minimum Gasteiger partial charge on any atom is -0.465 e. The average molecular weight is 379 g/mol. The summed E-state index contributed by atoms with van der Waals surface area (Å²) in [5.74, 6) is 0.0195. The van der Waals surface area contributed by atoms with E-state index >= 15 is 0 Å². The van der Waals surface area contributed by atoms with E-state index in [2.05, 4.69) is 15.2 Å². The van der Waals surface area contributed by atoms with Gasteiger partial charge in [-0.25, -0.2) is 0 Å². The first-order chi connectivity index (χ1) is 13.5. The largest absolute Gasteiger partial charge is 0.465 e. The lowest BCUT2D eigenvalue weighted by Gasteiger charge is -2.25. The number of anilines is 2. The zero-order chi connectivity index (χ0) is 19.6. The minimum atomic E-state index is -1.26. The van der Waals surface area contributed by atoms with Crippen LogP contribution in [0.5, 0.6) is 0 Å². The molecule has 1 spiro atoms. The van der Waals surface area contributed by atoms with Gasteiger partial charge in [0.2, 0.25) is 5.91 Å². The molecule has 0 saturated heterocycles. The smallest absolute Gasteiger partial charge is 0.326 e. The molecule has 9 heteroatoms. The molecule has 28 heavy (non-hydrogen) atoms. The molecule has 1 aliphatic heterocycles. The van der Waals surface area contributed by atoms with Gasteiger partial charge in [0.25, 0.3) is 6.01 Å². The molecule has 0 fully saturated rings. The quantitative estimate of drug-likeness (QED) is 0.660. The number of aromatic amines is 1. The summed E-state index contributed by atoms with van der Waals surface area (Å²) >= 11 is 0. The third-order valence-electron chi connectivity index (χ3n) is 5.29. The number of nitrogens with zero attached hydrogens (tertiary/aromatic N) is 3. The highest BCUT2D eigenvalue weighted by Crippen LogP contribution is 2.59. The predicted octanol–water partition coefficient (Wildman–Crippen LogP) is 1.51. The van der Waals surface area contributed by atoms with Crippen LogP contribution >= 0.6 is 0 Å². The molecular formula is C19H17N5O4. The molecule has 5 rings (SSSR count). The molecule has 3 aromatic rings. The fraction of sp³-hybridized carbons (Fsp3) is 0.263. The molecule has 0 saturated carbocycles. The molecule has 3 heterocycles. The van der Waals surface area contributed by atoms with Crippen molar-refractivity contribution in [2.75, 3.05) is 23.8 Å². The molecule has 1 atom stereocenters. The van der Waals surface area contributed by atoms with Gasteiger partial charge in [-0.1, -0.05) is 24.3 Å². The Kier molecular flexibility index (Phi) is 3.22. The Labute approximate surface area is 159 Å². The first-order valence-electron chi connectivity index (χ1n) is 8.89. The number of amides is 1. The number of aromatic nitrogens is 3. The van der Waals surface area contributed by atoms with Crippen molar-refractivity contribution in [1.82, 2.24) is 15.2 Å². The third-order valence-corrected chi connectivity index (χ3v) is 5.29. The Balaban J connectivity index is 1.79. The van der Waals surface area contributed by atoms with E-state index in [0.717, 1.165) is 11.1 Å². The summed E-state index contributed by atoms with van der Waals surface area (Å²) in [5, 5.41) is 7.22. The third kappa shape index (κ3) is 1.80. The van der Waals surface area contributed by atoms with Crippen LogP contribution in [0.1, 0.15) is 29.4 Å². The highest BCUT2D eigenvalue weighted by Gasteiger charge is 2.63. The summed E-state index contributed by atoms with van der Waals surface area (Å²) in [7, 11) is 0. The summed E-state index contributed by atoms with van der Waals surface area (Å²) in [4.78, 5) is 31.7. The molecule has 2 aliphatic rings. The summed E-state index contributed by atoms with van der Waals surface area (Å²) in [6.07, 6.45) is 0. The average Bonchev–Trinajstić information content (AvgIpc) is 3.36. The number of fused-ring (bicyclic) bond motifs is 7. The summed E-state index contributed by atoms with van der Waals surface area (Å²) in [6, 6.07) is 7.43. The monoisotopic (exact) mass is 379 g/mol. The zero-order valence-corrected chi connectivity index (χ0v) is 15.3. The standard InChI is InChI=1S/C19H17N5O4/c1-3-27-12(25)8-24-16-13(9(2)22-23-16)19(17(24)26)11-7-5-4-6-10(11)14-15(19)21-18(20)28-14/h4-7H,3,8H2,1-2H3,(H2,20,21)(H,22,23). The maximum atomic E-state index is 13.8. The van der Waals surface area contributed by atoms with Crippen LogP contribution in [0, 0.1) is 6.92 Å². The van der Waals surface area contributed by atoms with Crippen molar-refractivity contribution in [2.45, 2.75) is 19.3 Å². The Hall–Kier alpha value is -3.62. The van der Waals surface area contributed by atoms with Gasteiger partial charge in [-0.05, 0) is 19.4 Å². The Morgan fingerprint density at radius 3 is 2.96 bits per heavy atom. The number of nitrogen functional groups attached to an aromatic ring is 1. The van der Waals surface area contributed by atoms with Crippen molar-refractivity contribution in [3.63, 3.8) is 0 Å². The van der Waals surface area contributed by atoms with E-state index in [1.54, 1.807) is 6.92 Å². The van der Waals surface area contributed by atoms with Crippen LogP contribution in [0.4, 0.5) is 11.8 Å². The van der Waals surface area contributed by atoms with Crippen LogP contribution in [-0.4, -0.2) is 40.2 Å². The fourth-order valence-electron chi connectivity index (χ4n) is 4.33. The first-order valence-corrected chi connectivity index (χ1v) is 8.89. The number of nitrogens with two attached hydrogens (primary N) is 1. The molecule has 0 radical (unpaired) electrons. The second-order valence-corrected chi connectivity index (χ2v) is 6.77. The Morgan fingerprint density at radius 1 is 1.39 bits per heavy atom. The molecule has 2 aromatic heterocycles. The lowest BCUT2D eigenvalue weighted by atomic mass is 9.75. The van der Waals surface area contributed by atoms with Crippen LogP contribution in [0.25, 0.3) is 11.3 Å². The number of hydrogen-bond donors (Lipinski definition) is 2. The molecule has 1 aliphatic carbocycles. The van der Waals surface area contributed by atoms with Crippen LogP contribution in [0.2, 0.25) is 0 Å². The number of H-pyrrole nitrogens is 1. The lowest BCUT2D eigenvalue weighted by Crippen LogP contribution is -2.44. The second kappa shape index (κ2) is 5.44. The number of hydrogen-bond acceptors (Lipinski definition) is 7. The summed E-state index contributed by atoms with van der Waals surface area (Å²) in [5.41, 5.74) is 7.84. The van der Waals surface area contributed by atoms with E-state index in [0.29, 0.717) is 28.5 Å². The topological polar surface area (TPSA) is 127 Å². The number of benzene rings is 1. The lowest BCUT2D eigenvalue weighted by molar-refractivity contribution is -0.142. The van der Waals surface area contributed by atoms with Gasteiger partial charge in [-0.3, -0.25) is 19.6 Å². The minimum absolute atomic E-state index is 0.0155. The van der Waals surface area contributed by atoms with Gasteiger partial charge in [-0.2, -0.15) is 10.1 Å². The van der Waals surface area contributed by atoms with Gasteiger partial charge < -0.3 is 14.9 Å². The van der Waals surface area contributed by atoms with Crippen LogP contribution in [-0.2, 0) is 19.7 Å². The van der Waals surface area contributed by atoms with Gasteiger partial charge in [0.1, 0.15) is 12.2 Å². The molecule has 1 amide bonds. The van der Waals surface area contributed by atoms with Gasteiger partial charge >= 0.3 is 5.97 Å². The predicted molar refractivity (Wildman–Crippen MR) is 98.5 cm³/mol. The number of carbonyl (C=O) groups excluding carboxylic acids is 2. The van der Waals surface area contributed by atoms with E-state index in [1.807, 2.05) is 31.2 Å². The molecule has 1 aromatic carbocycles. The van der Waals surface area contributed by atoms with Gasteiger partial charge in [0, 0.05) is 16.8 Å². The van der Waals surface area contributed by atoms with Crippen molar-refractivity contribution in [1.29, 1.82) is 0 Å². The normalized spacial score (nSPS) is 19.1. The number of rotatable bonds is 3. The molecule has 0 bridgehead atoms. The van der Waals surface area contributed by atoms with E-state index in [-0.39, 0.29) is 25.1 Å². The molecule has 1 unspecified atom stereocenters. The zero-order valence-electron chi connectivity index (χ0n) is 15.3. The van der Waals surface area contributed by atoms with E-state index in [9.17, 15) is 9.59 Å². The van der Waals surface area contributed by atoms with Crippen LogP contribution in [0.15, 0.2) is 28.7 Å². The SMILES string of the molecule is CCOC(=O)CN1C(=O)C2(c3ccccc3-c3oc(N)nc32)c2c1n[nH]c2C. The van der Waals surface area contributed by atoms with Gasteiger partial charge in [0.05, 0.1) is 6.61 Å². The molecular weight excluding hydrogens is 362 g/mol. The number of aryl methyl sites for hydroxylation is 1. The van der Waals surface area contributed by atoms with Crippen molar-refractivity contribution in [3.8, 4) is 11.3 Å². The van der Waals surface area contributed by atoms with E-state index in [4.69, 9.17) is 14.9 Å². The number of oxazole rings is 1. The van der Waals surface area contributed by atoms with Gasteiger partial charge in [0.15, 0.2) is 17.0 Å². The molecule has 9 nitrogen and oxygen atoms in total. The maximum Gasteiger partial charge on any atom is 0.326 e. The first kappa shape index (κ1) is 16.5. The van der Waals surface area contributed by atoms with Crippen LogP contribution in [0.3, 0.4) is 0 Å². The van der Waals surface area contributed by atoms with Gasteiger partial charge in [-0.15, -0.1) is 0 Å². The molecule has 3 N–H and O–H groups in total. The highest BCUT2D eigenvalue weighted by atomic mass is 16.5. The fourth-order valence-corrected chi connectivity index (χ4v) is 4.33. The van der Waals surface area contributed by atoms with Crippen molar-refractivity contribution in [3.05, 3.63) is 46.8 Å². The molecule has 142 valence electrons. The Morgan fingerprint density at radius 2 is 2.18 bits per heavy atom. The number of nitrogens with one attached hydrogen (secondary N) is 1. The van der Waals surface area contributed by atoms with Crippen LogP contribution < -0.4 is 10.6 Å².